The Morgan fingerprint density at radius 2 is 2.50 bits per heavy atom. The largest absolute Gasteiger partial charge is 0.342 e. The smallest absolute Gasteiger partial charge is 0.253 e. The predicted molar refractivity (Wildman–Crippen MR) is 46.1 cm³/mol. The first-order chi connectivity index (χ1) is 5.77. The summed E-state index contributed by atoms with van der Waals surface area (Å²) in [6, 6.07) is 3.91. The van der Waals surface area contributed by atoms with Gasteiger partial charge in [-0.05, 0) is 18.6 Å². The van der Waals surface area contributed by atoms with E-state index in [0.29, 0.717) is 6.54 Å². The minimum Gasteiger partial charge on any atom is -0.342 e. The van der Waals surface area contributed by atoms with Crippen LogP contribution in [0.1, 0.15) is 12.6 Å². The van der Waals surface area contributed by atoms with Crippen molar-refractivity contribution in [2.75, 3.05) is 0 Å². The molecule has 4 nitrogen and oxygen atoms in total. The molecule has 0 unspecified atom stereocenters. The molecule has 0 aromatic carbocycles. The van der Waals surface area contributed by atoms with E-state index in [9.17, 15) is 4.79 Å². The summed E-state index contributed by atoms with van der Waals surface area (Å²) in [4.78, 5) is 10.9. The third kappa shape index (κ3) is 1.85. The molecule has 1 aromatic rings. The van der Waals surface area contributed by atoms with E-state index >= 15 is 0 Å². The summed E-state index contributed by atoms with van der Waals surface area (Å²) in [5.74, 6) is 4.79. The van der Waals surface area contributed by atoms with E-state index in [0.717, 1.165) is 12.1 Å². The van der Waals surface area contributed by atoms with Crippen molar-refractivity contribution >= 4 is 5.91 Å². The van der Waals surface area contributed by atoms with Crippen molar-refractivity contribution in [2.24, 2.45) is 5.84 Å². The Morgan fingerprint density at radius 3 is 3.08 bits per heavy atom. The zero-order valence-corrected chi connectivity index (χ0v) is 7.08. The predicted octanol–water partition coefficient (Wildman–Crippen LogP) is 0.0404. The molecule has 4 heteroatoms. The van der Waals surface area contributed by atoms with Crippen LogP contribution in [0.15, 0.2) is 18.3 Å². The lowest BCUT2D eigenvalue weighted by Crippen LogP contribution is -2.33. The van der Waals surface area contributed by atoms with Gasteiger partial charge in [0.15, 0.2) is 0 Å². The van der Waals surface area contributed by atoms with Crippen LogP contribution in [-0.2, 0) is 17.8 Å². The lowest BCUT2D eigenvalue weighted by atomic mass is 10.3. The monoisotopic (exact) mass is 167 g/mol. The Labute approximate surface area is 71.3 Å². The first-order valence-electron chi connectivity index (χ1n) is 3.91. The zero-order chi connectivity index (χ0) is 8.97. The minimum absolute atomic E-state index is 0.180. The second-order valence-electron chi connectivity index (χ2n) is 2.55. The molecule has 1 rings (SSSR count). The maximum Gasteiger partial charge on any atom is 0.253 e. The van der Waals surface area contributed by atoms with Crippen molar-refractivity contribution in [2.45, 2.75) is 19.9 Å². The SMILES string of the molecule is CCc1cccn1CC(=O)NN. The van der Waals surface area contributed by atoms with E-state index in [1.165, 1.54) is 0 Å². The third-order valence-electron chi connectivity index (χ3n) is 1.76. The highest BCUT2D eigenvalue weighted by molar-refractivity contribution is 5.75. The Bertz CT molecular complexity index is 267. The average molecular weight is 167 g/mol. The fourth-order valence-electron chi connectivity index (χ4n) is 1.13. The molecule has 0 spiro atoms. The highest BCUT2D eigenvalue weighted by Crippen LogP contribution is 2.01. The summed E-state index contributed by atoms with van der Waals surface area (Å²) in [6.07, 6.45) is 2.79. The summed E-state index contributed by atoms with van der Waals surface area (Å²) >= 11 is 0. The quantitative estimate of drug-likeness (QED) is 0.379. The third-order valence-corrected chi connectivity index (χ3v) is 1.76. The van der Waals surface area contributed by atoms with Crippen molar-refractivity contribution in [3.8, 4) is 0 Å². The van der Waals surface area contributed by atoms with Crippen LogP contribution >= 0.6 is 0 Å². The average Bonchev–Trinajstić information content (AvgIpc) is 2.51. The van der Waals surface area contributed by atoms with Crippen LogP contribution in [0.25, 0.3) is 0 Å². The summed E-state index contributed by atoms with van der Waals surface area (Å²) in [5, 5.41) is 0. The fraction of sp³-hybridized carbons (Fsp3) is 0.375. The molecule has 0 fully saturated rings. The van der Waals surface area contributed by atoms with Gasteiger partial charge in [0.2, 0.25) is 0 Å². The molecule has 0 bridgehead atoms. The van der Waals surface area contributed by atoms with Crippen LogP contribution < -0.4 is 11.3 Å². The molecule has 0 radical (unpaired) electrons. The zero-order valence-electron chi connectivity index (χ0n) is 7.08. The number of nitrogens with one attached hydrogen (secondary N) is 1. The molecule has 0 atom stereocenters. The van der Waals surface area contributed by atoms with Crippen molar-refractivity contribution in [1.29, 1.82) is 0 Å². The van der Waals surface area contributed by atoms with E-state index in [1.807, 2.05) is 29.8 Å². The first kappa shape index (κ1) is 8.80. The summed E-state index contributed by atoms with van der Waals surface area (Å²) in [7, 11) is 0. The van der Waals surface area contributed by atoms with Gasteiger partial charge in [-0.1, -0.05) is 6.92 Å². The molecule has 0 saturated carbocycles. The van der Waals surface area contributed by atoms with Gasteiger partial charge in [0.25, 0.3) is 5.91 Å². The normalized spacial score (nSPS) is 9.83. The van der Waals surface area contributed by atoms with E-state index in [-0.39, 0.29) is 5.91 Å². The number of carbonyl (C=O) groups is 1. The number of aryl methyl sites for hydroxylation is 1. The molecule has 66 valence electrons. The van der Waals surface area contributed by atoms with Crippen molar-refractivity contribution in [3.63, 3.8) is 0 Å². The second kappa shape index (κ2) is 3.92. The summed E-state index contributed by atoms with van der Waals surface area (Å²) in [5.41, 5.74) is 3.23. The van der Waals surface area contributed by atoms with E-state index in [2.05, 4.69) is 5.43 Å². The number of aromatic nitrogens is 1. The van der Waals surface area contributed by atoms with Gasteiger partial charge < -0.3 is 4.57 Å². The standard InChI is InChI=1S/C8H13N3O/c1-2-7-4-3-5-11(7)6-8(12)10-9/h3-5H,2,6,9H2,1H3,(H,10,12). The molecule has 12 heavy (non-hydrogen) atoms. The van der Waals surface area contributed by atoms with Crippen LogP contribution in [0.5, 0.6) is 0 Å². The van der Waals surface area contributed by atoms with Gasteiger partial charge in [-0.2, -0.15) is 0 Å². The molecular formula is C8H13N3O. The first-order valence-corrected chi connectivity index (χ1v) is 3.91. The van der Waals surface area contributed by atoms with Gasteiger partial charge >= 0.3 is 0 Å². The molecule has 1 aromatic heterocycles. The van der Waals surface area contributed by atoms with Gasteiger partial charge in [-0.3, -0.25) is 10.2 Å². The molecule has 0 aliphatic carbocycles. The summed E-state index contributed by atoms with van der Waals surface area (Å²) < 4.78 is 1.88. The Balaban J connectivity index is 2.68. The number of nitrogens with two attached hydrogens (primary N) is 1. The number of rotatable bonds is 3. The van der Waals surface area contributed by atoms with Crippen molar-refractivity contribution < 1.29 is 4.79 Å². The van der Waals surface area contributed by atoms with E-state index in [1.54, 1.807) is 0 Å². The Kier molecular flexibility index (Phi) is 2.88. The molecular weight excluding hydrogens is 154 g/mol. The number of hydrazine groups is 1. The topological polar surface area (TPSA) is 60.0 Å². The highest BCUT2D eigenvalue weighted by atomic mass is 16.2. The van der Waals surface area contributed by atoms with Gasteiger partial charge in [0.1, 0.15) is 6.54 Å². The van der Waals surface area contributed by atoms with Gasteiger partial charge in [-0.15, -0.1) is 0 Å². The fourth-order valence-corrected chi connectivity index (χ4v) is 1.13. The van der Waals surface area contributed by atoms with E-state index < -0.39 is 0 Å². The minimum atomic E-state index is -0.180. The number of hydrogen-bond acceptors (Lipinski definition) is 2. The van der Waals surface area contributed by atoms with E-state index in [4.69, 9.17) is 5.84 Å². The molecule has 0 aliphatic heterocycles. The number of hydrogen-bond donors (Lipinski definition) is 2. The van der Waals surface area contributed by atoms with Gasteiger partial charge in [0, 0.05) is 11.9 Å². The number of nitrogens with zero attached hydrogens (tertiary/aromatic N) is 1. The van der Waals surface area contributed by atoms with Crippen LogP contribution in [0, 0.1) is 0 Å². The maximum atomic E-state index is 10.9. The molecule has 3 N–H and O–H groups in total. The van der Waals surface area contributed by atoms with Crippen molar-refractivity contribution in [1.82, 2.24) is 9.99 Å². The highest BCUT2D eigenvalue weighted by Gasteiger charge is 2.02. The van der Waals surface area contributed by atoms with Crippen LogP contribution in [-0.4, -0.2) is 10.5 Å². The maximum absolute atomic E-state index is 10.9. The van der Waals surface area contributed by atoms with Gasteiger partial charge in [-0.25, -0.2) is 5.84 Å². The molecule has 0 aliphatic rings. The lowest BCUT2D eigenvalue weighted by molar-refractivity contribution is -0.121. The van der Waals surface area contributed by atoms with Crippen molar-refractivity contribution in [3.05, 3.63) is 24.0 Å². The van der Waals surface area contributed by atoms with Crippen LogP contribution in [0.3, 0.4) is 0 Å². The number of carbonyl (C=O) groups excluding carboxylic acids is 1. The molecule has 0 saturated heterocycles. The van der Waals surface area contributed by atoms with Crippen LogP contribution in [0.2, 0.25) is 0 Å². The molecule has 1 heterocycles. The Morgan fingerprint density at radius 1 is 1.75 bits per heavy atom. The Hall–Kier alpha value is -1.29. The van der Waals surface area contributed by atoms with Crippen LogP contribution in [0.4, 0.5) is 0 Å². The molecule has 1 amide bonds. The second-order valence-corrected chi connectivity index (χ2v) is 2.55. The lowest BCUT2D eigenvalue weighted by Gasteiger charge is -2.05. The van der Waals surface area contributed by atoms with Gasteiger partial charge in [0.05, 0.1) is 0 Å². The summed E-state index contributed by atoms with van der Waals surface area (Å²) in [6.45, 7) is 2.35. The number of amides is 1.